The predicted octanol–water partition coefficient (Wildman–Crippen LogP) is 4.91. The van der Waals surface area contributed by atoms with Crippen LogP contribution in [0.5, 0.6) is 5.75 Å². The zero-order valence-electron chi connectivity index (χ0n) is 16.2. The Labute approximate surface area is 174 Å². The lowest BCUT2D eigenvalue weighted by Gasteiger charge is -2.14. The number of carboxylic acid groups (broad SMARTS) is 1. The average molecular weight is 416 g/mol. The van der Waals surface area contributed by atoms with Crippen molar-refractivity contribution in [1.29, 1.82) is 0 Å². The normalized spacial score (nSPS) is 12.0. The molecule has 0 unspecified atom stereocenters. The molecule has 0 amide bonds. The number of carbonyl (C=O) groups is 1. The Balaban J connectivity index is 1.67. The molecule has 0 radical (unpaired) electrons. The van der Waals surface area contributed by atoms with Crippen molar-refractivity contribution in [3.63, 3.8) is 0 Å². The maximum absolute atomic E-state index is 11.3. The summed E-state index contributed by atoms with van der Waals surface area (Å²) >= 11 is 6.31. The molecule has 6 nitrogen and oxygen atoms in total. The molecule has 0 saturated carbocycles. The second kappa shape index (κ2) is 9.58. The lowest BCUT2D eigenvalue weighted by Crippen LogP contribution is -2.26. The van der Waals surface area contributed by atoms with Crippen molar-refractivity contribution in [3.05, 3.63) is 70.6 Å². The van der Waals surface area contributed by atoms with Crippen molar-refractivity contribution in [2.45, 2.75) is 33.0 Å². The summed E-state index contributed by atoms with van der Waals surface area (Å²) in [6, 6.07) is 14.8. The van der Waals surface area contributed by atoms with E-state index in [0.717, 1.165) is 5.56 Å². The molecule has 1 atom stereocenters. The first-order chi connectivity index (χ1) is 14.0. The number of hydrogen-bond donors (Lipinski definition) is 1. The Morgan fingerprint density at radius 1 is 1.24 bits per heavy atom. The van der Waals surface area contributed by atoms with Crippen LogP contribution in [0.1, 0.15) is 23.9 Å². The number of aliphatic carboxylic acids is 1. The van der Waals surface area contributed by atoms with Gasteiger partial charge in [-0.2, -0.15) is 0 Å². The van der Waals surface area contributed by atoms with Gasteiger partial charge in [0.1, 0.15) is 23.8 Å². The Bertz CT molecular complexity index is 971. The highest BCUT2D eigenvalue weighted by molar-refractivity contribution is 6.31. The van der Waals surface area contributed by atoms with Gasteiger partial charge in [-0.15, -0.1) is 0 Å². The molecule has 0 aliphatic carbocycles. The Kier molecular flexibility index (Phi) is 6.90. The highest BCUT2D eigenvalue weighted by atomic mass is 35.5. The SMILES string of the molecule is CCO[C@@H](Cc1ccc(OCc2nc(-c3ccccc3)oc2C)cc1Cl)C(=O)O. The van der Waals surface area contributed by atoms with Gasteiger partial charge in [-0.25, -0.2) is 9.78 Å². The van der Waals surface area contributed by atoms with E-state index in [2.05, 4.69) is 4.98 Å². The second-order valence-corrected chi connectivity index (χ2v) is 6.82. The molecule has 29 heavy (non-hydrogen) atoms. The monoisotopic (exact) mass is 415 g/mol. The van der Waals surface area contributed by atoms with E-state index in [0.29, 0.717) is 40.3 Å². The largest absolute Gasteiger partial charge is 0.487 e. The molecule has 1 heterocycles. The molecule has 0 fully saturated rings. The van der Waals surface area contributed by atoms with Gasteiger partial charge in [0, 0.05) is 23.6 Å². The first-order valence-corrected chi connectivity index (χ1v) is 9.63. The van der Waals surface area contributed by atoms with Gasteiger partial charge < -0.3 is 19.0 Å². The highest BCUT2D eigenvalue weighted by Gasteiger charge is 2.20. The summed E-state index contributed by atoms with van der Waals surface area (Å²) in [6.07, 6.45) is -0.746. The first kappa shape index (κ1) is 20.9. The predicted molar refractivity (Wildman–Crippen MR) is 109 cm³/mol. The van der Waals surface area contributed by atoms with Crippen molar-refractivity contribution in [3.8, 4) is 17.2 Å². The van der Waals surface area contributed by atoms with Crippen LogP contribution in [0, 0.1) is 6.92 Å². The third-order valence-electron chi connectivity index (χ3n) is 4.36. The number of carboxylic acids is 1. The van der Waals surface area contributed by atoms with E-state index in [-0.39, 0.29) is 13.0 Å². The van der Waals surface area contributed by atoms with Gasteiger partial charge in [0.2, 0.25) is 5.89 Å². The lowest BCUT2D eigenvalue weighted by molar-refractivity contribution is -0.149. The Morgan fingerprint density at radius 3 is 2.66 bits per heavy atom. The van der Waals surface area contributed by atoms with Crippen LogP contribution in [0.4, 0.5) is 0 Å². The van der Waals surface area contributed by atoms with Crippen LogP contribution in [-0.2, 0) is 22.6 Å². The number of aryl methyl sites for hydroxylation is 1. The molecule has 2 aromatic carbocycles. The number of rotatable bonds is 9. The Morgan fingerprint density at radius 2 is 2.00 bits per heavy atom. The molecule has 0 aliphatic heterocycles. The first-order valence-electron chi connectivity index (χ1n) is 9.25. The summed E-state index contributed by atoms with van der Waals surface area (Å²) in [5, 5.41) is 9.65. The van der Waals surface area contributed by atoms with E-state index in [4.69, 9.17) is 25.5 Å². The summed E-state index contributed by atoms with van der Waals surface area (Å²) in [5.41, 5.74) is 2.28. The second-order valence-electron chi connectivity index (χ2n) is 6.42. The van der Waals surface area contributed by atoms with Gasteiger partial charge in [0.05, 0.1) is 0 Å². The summed E-state index contributed by atoms with van der Waals surface area (Å²) in [7, 11) is 0. The zero-order chi connectivity index (χ0) is 20.8. The van der Waals surface area contributed by atoms with Crippen LogP contribution >= 0.6 is 11.6 Å². The number of aromatic nitrogens is 1. The molecular weight excluding hydrogens is 394 g/mol. The van der Waals surface area contributed by atoms with Gasteiger partial charge >= 0.3 is 5.97 Å². The van der Waals surface area contributed by atoms with Crippen molar-refractivity contribution in [1.82, 2.24) is 4.98 Å². The average Bonchev–Trinajstić information content (AvgIpc) is 3.09. The van der Waals surface area contributed by atoms with Crippen LogP contribution in [0.15, 0.2) is 52.9 Å². The van der Waals surface area contributed by atoms with E-state index < -0.39 is 12.1 Å². The maximum Gasteiger partial charge on any atom is 0.333 e. The summed E-state index contributed by atoms with van der Waals surface area (Å²) in [6.45, 7) is 4.14. The standard InChI is InChI=1S/C22H22ClNO5/c1-3-27-20(22(25)26)11-16-9-10-17(12-18(16)23)28-13-19-14(2)29-21(24-19)15-7-5-4-6-8-15/h4-10,12,20H,3,11,13H2,1-2H3,(H,25,26)/t20-/m0/s1. The van der Waals surface area contributed by atoms with Crippen molar-refractivity contribution in [2.75, 3.05) is 6.61 Å². The minimum Gasteiger partial charge on any atom is -0.487 e. The topological polar surface area (TPSA) is 81.8 Å². The fourth-order valence-corrected chi connectivity index (χ4v) is 3.07. The number of oxazole rings is 1. The van der Waals surface area contributed by atoms with Crippen LogP contribution in [0.2, 0.25) is 5.02 Å². The molecular formula is C22H22ClNO5. The molecule has 3 rings (SSSR count). The van der Waals surface area contributed by atoms with E-state index in [9.17, 15) is 9.90 Å². The number of nitrogens with zero attached hydrogens (tertiary/aromatic N) is 1. The Hall–Kier alpha value is -2.83. The lowest BCUT2D eigenvalue weighted by atomic mass is 10.1. The summed E-state index contributed by atoms with van der Waals surface area (Å²) in [5.74, 6) is 0.781. The van der Waals surface area contributed by atoms with E-state index in [1.807, 2.05) is 37.3 Å². The molecule has 152 valence electrons. The van der Waals surface area contributed by atoms with Gasteiger partial charge in [-0.1, -0.05) is 35.9 Å². The van der Waals surface area contributed by atoms with Crippen molar-refractivity contribution in [2.24, 2.45) is 0 Å². The van der Waals surface area contributed by atoms with Crippen LogP contribution in [0.3, 0.4) is 0 Å². The molecule has 0 bridgehead atoms. The van der Waals surface area contributed by atoms with Crippen molar-refractivity contribution >= 4 is 17.6 Å². The van der Waals surface area contributed by atoms with Crippen LogP contribution in [-0.4, -0.2) is 28.8 Å². The third-order valence-corrected chi connectivity index (χ3v) is 4.71. The minimum atomic E-state index is -1.01. The highest BCUT2D eigenvalue weighted by Crippen LogP contribution is 2.26. The summed E-state index contributed by atoms with van der Waals surface area (Å²) in [4.78, 5) is 15.8. The molecule has 1 N–H and O–H groups in total. The van der Waals surface area contributed by atoms with E-state index >= 15 is 0 Å². The van der Waals surface area contributed by atoms with Gasteiger partial charge in [-0.05, 0) is 43.7 Å². The summed E-state index contributed by atoms with van der Waals surface area (Å²) < 4.78 is 16.8. The maximum atomic E-state index is 11.3. The van der Waals surface area contributed by atoms with E-state index in [1.165, 1.54) is 0 Å². The fraction of sp³-hybridized carbons (Fsp3) is 0.273. The minimum absolute atomic E-state index is 0.186. The van der Waals surface area contributed by atoms with Gasteiger partial charge in [-0.3, -0.25) is 0 Å². The smallest absolute Gasteiger partial charge is 0.333 e. The molecule has 0 saturated heterocycles. The fourth-order valence-electron chi connectivity index (χ4n) is 2.82. The number of hydrogen-bond acceptors (Lipinski definition) is 5. The number of ether oxygens (including phenoxy) is 2. The van der Waals surface area contributed by atoms with Crippen LogP contribution < -0.4 is 4.74 Å². The third kappa shape index (κ3) is 5.37. The van der Waals surface area contributed by atoms with Gasteiger partial charge in [0.15, 0.2) is 6.10 Å². The van der Waals surface area contributed by atoms with Gasteiger partial charge in [0.25, 0.3) is 0 Å². The number of benzene rings is 2. The van der Waals surface area contributed by atoms with Crippen molar-refractivity contribution < 1.29 is 23.8 Å². The molecule has 1 aromatic heterocycles. The molecule has 3 aromatic rings. The molecule has 7 heteroatoms. The number of halogens is 1. The zero-order valence-corrected chi connectivity index (χ0v) is 17.0. The van der Waals surface area contributed by atoms with E-state index in [1.54, 1.807) is 25.1 Å². The molecule has 0 aliphatic rings. The van der Waals surface area contributed by atoms with Crippen LogP contribution in [0.25, 0.3) is 11.5 Å². The molecule has 0 spiro atoms. The quantitative estimate of drug-likeness (QED) is 0.534.